The van der Waals surface area contributed by atoms with Crippen LogP contribution in [0.4, 0.5) is 5.69 Å². The molecule has 0 aromatic carbocycles. The maximum atomic E-state index is 11.9. The number of thiophene rings is 1. The molecule has 1 N–H and O–H groups in total. The maximum absolute atomic E-state index is 11.9. The van der Waals surface area contributed by atoms with Crippen molar-refractivity contribution in [2.45, 2.75) is 4.21 Å². The molecule has 7 heteroatoms. The van der Waals surface area contributed by atoms with Crippen LogP contribution in [0.3, 0.4) is 0 Å². The van der Waals surface area contributed by atoms with Crippen molar-refractivity contribution in [1.82, 2.24) is 4.98 Å². The second-order valence-corrected chi connectivity index (χ2v) is 6.55. The van der Waals surface area contributed by atoms with Crippen molar-refractivity contribution in [3.63, 3.8) is 0 Å². The summed E-state index contributed by atoms with van der Waals surface area (Å²) in [6.07, 6.45) is 3.06. The zero-order chi connectivity index (χ0) is 11.6. The van der Waals surface area contributed by atoms with E-state index < -0.39 is 10.0 Å². The van der Waals surface area contributed by atoms with Gasteiger partial charge in [-0.3, -0.25) is 9.71 Å². The van der Waals surface area contributed by atoms with Gasteiger partial charge in [-0.1, -0.05) is 0 Å². The first-order chi connectivity index (χ1) is 7.59. The molecule has 0 bridgehead atoms. The Morgan fingerprint density at radius 1 is 1.25 bits per heavy atom. The zero-order valence-corrected chi connectivity index (χ0v) is 11.1. The minimum absolute atomic E-state index is 0.268. The number of sulfonamides is 1. The average Bonchev–Trinajstić information content (AvgIpc) is 2.66. The fourth-order valence-corrected chi connectivity index (χ4v) is 4.49. The molecule has 0 amide bonds. The molecule has 16 heavy (non-hydrogen) atoms. The highest BCUT2D eigenvalue weighted by molar-refractivity contribution is 9.10. The standard InChI is InChI=1S/C9H7BrN2O2S2/c10-8-3-6-15-9(8)16(13,14)12-7-1-4-11-5-2-7/h1-6H,(H,11,12). The molecule has 0 atom stereocenters. The van der Waals surface area contributed by atoms with Gasteiger partial charge in [-0.25, -0.2) is 8.42 Å². The van der Waals surface area contributed by atoms with Crippen LogP contribution in [-0.4, -0.2) is 13.4 Å². The lowest BCUT2D eigenvalue weighted by molar-refractivity contribution is 0.603. The number of hydrogen-bond donors (Lipinski definition) is 1. The summed E-state index contributed by atoms with van der Waals surface area (Å²) in [5.41, 5.74) is 0.496. The summed E-state index contributed by atoms with van der Waals surface area (Å²) < 4.78 is 27.2. The van der Waals surface area contributed by atoms with E-state index in [0.717, 1.165) is 11.3 Å². The quantitative estimate of drug-likeness (QED) is 0.946. The number of nitrogens with one attached hydrogen (secondary N) is 1. The van der Waals surface area contributed by atoms with Gasteiger partial charge in [-0.2, -0.15) is 0 Å². The molecule has 0 aliphatic carbocycles. The van der Waals surface area contributed by atoms with Crippen LogP contribution in [0.2, 0.25) is 0 Å². The summed E-state index contributed by atoms with van der Waals surface area (Å²) in [6, 6.07) is 4.89. The van der Waals surface area contributed by atoms with Crippen molar-refractivity contribution in [2.24, 2.45) is 0 Å². The molecule has 2 aromatic rings. The Bertz CT molecular complexity index is 581. The molecule has 0 radical (unpaired) electrons. The molecule has 84 valence electrons. The van der Waals surface area contributed by atoms with E-state index in [2.05, 4.69) is 25.6 Å². The van der Waals surface area contributed by atoms with Gasteiger partial charge in [0.25, 0.3) is 10.0 Å². The monoisotopic (exact) mass is 318 g/mol. The Kier molecular flexibility index (Phi) is 3.27. The van der Waals surface area contributed by atoms with Crippen molar-refractivity contribution in [2.75, 3.05) is 4.72 Å². The minimum Gasteiger partial charge on any atom is -0.279 e. The van der Waals surface area contributed by atoms with Gasteiger partial charge in [0, 0.05) is 16.9 Å². The lowest BCUT2D eigenvalue weighted by atomic mass is 10.4. The maximum Gasteiger partial charge on any atom is 0.272 e. The largest absolute Gasteiger partial charge is 0.279 e. The average molecular weight is 319 g/mol. The second kappa shape index (κ2) is 4.52. The van der Waals surface area contributed by atoms with Crippen LogP contribution in [0.5, 0.6) is 0 Å². The Hall–Kier alpha value is -0.920. The summed E-state index contributed by atoms with van der Waals surface area (Å²) in [4.78, 5) is 3.81. The number of anilines is 1. The van der Waals surface area contributed by atoms with Gasteiger partial charge < -0.3 is 0 Å². The SMILES string of the molecule is O=S(=O)(Nc1ccncc1)c1sccc1Br. The van der Waals surface area contributed by atoms with Gasteiger partial charge in [0.2, 0.25) is 0 Å². The highest BCUT2D eigenvalue weighted by Crippen LogP contribution is 2.28. The number of aromatic nitrogens is 1. The first-order valence-electron chi connectivity index (χ1n) is 4.25. The lowest BCUT2D eigenvalue weighted by Crippen LogP contribution is -2.11. The number of hydrogen-bond acceptors (Lipinski definition) is 4. The van der Waals surface area contributed by atoms with Crippen molar-refractivity contribution < 1.29 is 8.42 Å². The summed E-state index contributed by atoms with van der Waals surface area (Å²) in [6.45, 7) is 0. The molecule has 0 aliphatic heterocycles. The molecule has 0 unspecified atom stereocenters. The smallest absolute Gasteiger partial charge is 0.272 e. The topological polar surface area (TPSA) is 59.1 Å². The molecule has 2 heterocycles. The van der Waals surface area contributed by atoms with E-state index in [1.54, 1.807) is 23.6 Å². The second-order valence-electron chi connectivity index (χ2n) is 2.90. The lowest BCUT2D eigenvalue weighted by Gasteiger charge is -2.05. The van der Waals surface area contributed by atoms with Crippen LogP contribution in [0, 0.1) is 0 Å². The molecule has 0 spiro atoms. The first kappa shape index (κ1) is 11.6. The normalized spacial score (nSPS) is 11.3. The predicted molar refractivity (Wildman–Crippen MR) is 67.1 cm³/mol. The molecule has 0 saturated carbocycles. The number of rotatable bonds is 3. The third-order valence-corrected chi connectivity index (χ3v) is 5.81. The molecule has 2 aromatic heterocycles. The van der Waals surface area contributed by atoms with Gasteiger partial charge >= 0.3 is 0 Å². The minimum atomic E-state index is -3.51. The molecular formula is C9H7BrN2O2S2. The molecule has 0 fully saturated rings. The van der Waals surface area contributed by atoms with Gasteiger partial charge in [0.1, 0.15) is 0 Å². The summed E-state index contributed by atoms with van der Waals surface area (Å²) >= 11 is 4.36. The highest BCUT2D eigenvalue weighted by Gasteiger charge is 2.18. The Balaban J connectivity index is 2.32. The van der Waals surface area contributed by atoms with E-state index in [0.29, 0.717) is 10.2 Å². The van der Waals surface area contributed by atoms with E-state index >= 15 is 0 Å². The molecule has 0 saturated heterocycles. The van der Waals surface area contributed by atoms with Crippen LogP contribution < -0.4 is 4.72 Å². The van der Waals surface area contributed by atoms with Crippen LogP contribution in [0.1, 0.15) is 0 Å². The van der Waals surface area contributed by atoms with E-state index in [4.69, 9.17) is 0 Å². The van der Waals surface area contributed by atoms with Crippen molar-refractivity contribution >= 4 is 43.0 Å². The summed E-state index contributed by atoms with van der Waals surface area (Å²) in [5, 5.41) is 1.71. The highest BCUT2D eigenvalue weighted by atomic mass is 79.9. The number of nitrogens with zero attached hydrogens (tertiary/aromatic N) is 1. The third-order valence-electron chi connectivity index (χ3n) is 1.76. The van der Waals surface area contributed by atoms with Gasteiger partial charge in [0.05, 0.1) is 5.69 Å². The molecule has 0 aliphatic rings. The van der Waals surface area contributed by atoms with Gasteiger partial charge in [-0.05, 0) is 39.5 Å². The number of halogens is 1. The third kappa shape index (κ3) is 2.42. The molecule has 2 rings (SSSR count). The summed E-state index contributed by atoms with van der Waals surface area (Å²) in [5.74, 6) is 0. The van der Waals surface area contributed by atoms with Gasteiger partial charge in [-0.15, -0.1) is 11.3 Å². The molecule has 4 nitrogen and oxygen atoms in total. The van der Waals surface area contributed by atoms with Crippen LogP contribution in [0.15, 0.2) is 44.7 Å². The predicted octanol–water partition coefficient (Wildman–Crippen LogP) is 2.71. The van der Waals surface area contributed by atoms with E-state index in [9.17, 15) is 8.42 Å². The van der Waals surface area contributed by atoms with Crippen molar-refractivity contribution in [1.29, 1.82) is 0 Å². The van der Waals surface area contributed by atoms with Gasteiger partial charge in [0.15, 0.2) is 4.21 Å². The molecular weight excluding hydrogens is 312 g/mol. The fourth-order valence-electron chi connectivity index (χ4n) is 1.09. The fraction of sp³-hybridized carbons (Fsp3) is 0. The first-order valence-corrected chi connectivity index (χ1v) is 7.41. The Labute approximate surface area is 106 Å². The van der Waals surface area contributed by atoms with E-state index in [1.807, 2.05) is 0 Å². The van der Waals surface area contributed by atoms with Crippen LogP contribution in [-0.2, 0) is 10.0 Å². The Morgan fingerprint density at radius 3 is 2.50 bits per heavy atom. The summed E-state index contributed by atoms with van der Waals surface area (Å²) in [7, 11) is -3.51. The van der Waals surface area contributed by atoms with E-state index in [-0.39, 0.29) is 4.21 Å². The van der Waals surface area contributed by atoms with Crippen LogP contribution in [0.25, 0.3) is 0 Å². The van der Waals surface area contributed by atoms with E-state index in [1.165, 1.54) is 12.4 Å². The zero-order valence-electron chi connectivity index (χ0n) is 7.92. The Morgan fingerprint density at radius 2 is 1.94 bits per heavy atom. The van der Waals surface area contributed by atoms with Crippen LogP contribution >= 0.6 is 27.3 Å². The van der Waals surface area contributed by atoms with Crippen molar-refractivity contribution in [3.05, 3.63) is 40.4 Å². The van der Waals surface area contributed by atoms with Crippen molar-refractivity contribution in [3.8, 4) is 0 Å². The number of pyridine rings is 1.